The van der Waals surface area contributed by atoms with Gasteiger partial charge in [-0.2, -0.15) is 13.2 Å². The Morgan fingerprint density at radius 3 is 2.58 bits per heavy atom. The number of benzene rings is 1. The summed E-state index contributed by atoms with van der Waals surface area (Å²) in [6, 6.07) is 9.50. The summed E-state index contributed by atoms with van der Waals surface area (Å²) >= 11 is 0. The van der Waals surface area contributed by atoms with Crippen LogP contribution in [0.4, 0.5) is 30.8 Å². The predicted octanol–water partition coefficient (Wildman–Crippen LogP) is 5.47. The number of aromatic nitrogens is 4. The number of nitrogens with one attached hydrogen (secondary N) is 2. The molecule has 14 heteroatoms. The van der Waals surface area contributed by atoms with Crippen LogP contribution in [0, 0.1) is 0 Å². The number of alkyl halides is 3. The number of hydrogen-bond donors (Lipinski definition) is 2. The number of pyridine rings is 1. The van der Waals surface area contributed by atoms with Crippen molar-refractivity contribution in [2.24, 2.45) is 4.99 Å². The van der Waals surface area contributed by atoms with Gasteiger partial charge in [0.1, 0.15) is 23.3 Å². The van der Waals surface area contributed by atoms with E-state index >= 15 is 0 Å². The number of imidazole rings is 1. The molecule has 4 heterocycles. The fourth-order valence-corrected chi connectivity index (χ4v) is 5.51. The van der Waals surface area contributed by atoms with E-state index in [0.29, 0.717) is 23.7 Å². The van der Waals surface area contributed by atoms with Gasteiger partial charge >= 0.3 is 6.18 Å². The van der Waals surface area contributed by atoms with Gasteiger partial charge in [-0.05, 0) is 31.7 Å². The predicted molar refractivity (Wildman–Crippen MR) is 166 cm³/mol. The molecule has 0 amide bonds. The number of rotatable bonds is 13. The van der Waals surface area contributed by atoms with Crippen LogP contribution >= 0.6 is 0 Å². The summed E-state index contributed by atoms with van der Waals surface area (Å²) in [5, 5.41) is 6.53. The maximum absolute atomic E-state index is 13.2. The zero-order valence-electron chi connectivity index (χ0n) is 25.4. The van der Waals surface area contributed by atoms with E-state index in [1.54, 1.807) is 20.4 Å². The van der Waals surface area contributed by atoms with Gasteiger partial charge < -0.3 is 24.4 Å². The van der Waals surface area contributed by atoms with Gasteiger partial charge in [0, 0.05) is 83.2 Å². The Balaban J connectivity index is 1.41. The molecule has 240 valence electrons. The minimum Gasteiger partial charge on any atom is -0.385 e. The highest BCUT2D eigenvalue weighted by atomic mass is 19.4. The first-order chi connectivity index (χ1) is 21.7. The lowest BCUT2D eigenvalue weighted by atomic mass is 10.1. The summed E-state index contributed by atoms with van der Waals surface area (Å²) in [6.07, 6.45) is 2.04. The summed E-state index contributed by atoms with van der Waals surface area (Å²) in [4.78, 5) is 20.0. The van der Waals surface area contributed by atoms with Gasteiger partial charge in [0.2, 0.25) is 5.95 Å². The van der Waals surface area contributed by atoms with Crippen molar-refractivity contribution in [1.82, 2.24) is 24.7 Å². The molecule has 1 fully saturated rings. The van der Waals surface area contributed by atoms with E-state index in [1.165, 1.54) is 7.11 Å². The minimum atomic E-state index is -4.48. The van der Waals surface area contributed by atoms with Crippen LogP contribution < -0.4 is 15.5 Å². The fraction of sp³-hybridized carbons (Fsp3) is 0.419. The highest BCUT2D eigenvalue weighted by molar-refractivity contribution is 5.87. The standard InChI is InChI=1S/C31H37F3N8O3/c1-35-28-27-26(20-7-9-21(10-8-20)29(45-4)39-24-18-22(11-13-36-24)31(32,33)34)40-30(42(27)16-14-37-28)41-15-5-6-23(19-41)38-25(44-3)12-17-43-2/h7-11,13-14,16,18,23,25,29,38H,1,5-6,12,15,17,19H2,2-4H3,(H,36,39)/t23-,25?,29?/m1/s1. The number of anilines is 2. The number of nitrogens with zero attached hydrogens (tertiary/aromatic N) is 6. The van der Waals surface area contributed by atoms with Crippen molar-refractivity contribution in [1.29, 1.82) is 0 Å². The normalized spacial score (nSPS) is 16.9. The highest BCUT2D eigenvalue weighted by Gasteiger charge is 2.31. The van der Waals surface area contributed by atoms with Gasteiger partial charge in [0.25, 0.3) is 0 Å². The van der Waals surface area contributed by atoms with Crippen molar-refractivity contribution >= 4 is 29.8 Å². The number of hydrogen-bond acceptors (Lipinski definition) is 10. The second-order valence-electron chi connectivity index (χ2n) is 10.7. The molecule has 3 aromatic heterocycles. The van der Waals surface area contributed by atoms with E-state index in [9.17, 15) is 13.2 Å². The highest BCUT2D eigenvalue weighted by Crippen LogP contribution is 2.35. The first kappa shape index (κ1) is 32.3. The van der Waals surface area contributed by atoms with Crippen LogP contribution in [0.5, 0.6) is 0 Å². The van der Waals surface area contributed by atoms with E-state index in [-0.39, 0.29) is 18.1 Å². The van der Waals surface area contributed by atoms with Crippen molar-refractivity contribution in [3.63, 3.8) is 0 Å². The molecule has 0 saturated carbocycles. The Morgan fingerprint density at radius 1 is 1.09 bits per heavy atom. The van der Waals surface area contributed by atoms with Gasteiger partial charge in [-0.25, -0.2) is 19.9 Å². The van der Waals surface area contributed by atoms with E-state index in [0.717, 1.165) is 67.7 Å². The monoisotopic (exact) mass is 626 g/mol. The topological polar surface area (TPSA) is 110 Å². The molecule has 5 rings (SSSR count). The molecule has 0 aliphatic carbocycles. The van der Waals surface area contributed by atoms with Crippen molar-refractivity contribution in [3.05, 3.63) is 66.1 Å². The quantitative estimate of drug-likeness (QED) is 0.148. The molecule has 2 N–H and O–H groups in total. The van der Waals surface area contributed by atoms with Crippen LogP contribution in [0.25, 0.3) is 16.8 Å². The van der Waals surface area contributed by atoms with E-state index in [2.05, 4.69) is 37.2 Å². The summed E-state index contributed by atoms with van der Waals surface area (Å²) in [6.45, 7) is 5.88. The number of aliphatic imine (C=N–C) groups is 1. The molecule has 0 bridgehead atoms. The largest absolute Gasteiger partial charge is 0.416 e. The summed E-state index contributed by atoms with van der Waals surface area (Å²) < 4.78 is 58.0. The third-order valence-electron chi connectivity index (χ3n) is 7.75. The zero-order valence-corrected chi connectivity index (χ0v) is 25.4. The number of piperidine rings is 1. The average molecular weight is 627 g/mol. The molecule has 1 aliphatic heterocycles. The molecule has 2 unspecified atom stereocenters. The van der Waals surface area contributed by atoms with Crippen LogP contribution in [0.2, 0.25) is 0 Å². The lowest BCUT2D eigenvalue weighted by Crippen LogP contribution is -2.50. The van der Waals surface area contributed by atoms with Crippen LogP contribution in [0.3, 0.4) is 0 Å². The maximum atomic E-state index is 13.2. The van der Waals surface area contributed by atoms with Gasteiger partial charge in [0.15, 0.2) is 12.0 Å². The molecule has 11 nitrogen and oxygen atoms in total. The molecular weight excluding hydrogens is 589 g/mol. The molecule has 45 heavy (non-hydrogen) atoms. The van der Waals surface area contributed by atoms with Crippen molar-refractivity contribution in [2.45, 2.75) is 43.9 Å². The molecule has 0 radical (unpaired) electrons. The lowest BCUT2D eigenvalue weighted by molar-refractivity contribution is -0.137. The Kier molecular flexibility index (Phi) is 10.3. The number of methoxy groups -OCH3 is 3. The zero-order chi connectivity index (χ0) is 32.0. The molecule has 0 spiro atoms. The fourth-order valence-electron chi connectivity index (χ4n) is 5.51. The van der Waals surface area contributed by atoms with Crippen LogP contribution in [0.15, 0.2) is 60.0 Å². The SMILES string of the molecule is C=Nc1nccn2c(N3CCC[C@@H](NC(CCOC)OC)C3)nc(-c3ccc(C(Nc4cc(C(F)(F)F)ccn4)OC)cc3)c12. The first-order valence-electron chi connectivity index (χ1n) is 14.5. The molecule has 1 aliphatic rings. The van der Waals surface area contributed by atoms with E-state index in [1.807, 2.05) is 34.9 Å². The molecular formula is C31H37F3N8O3. The van der Waals surface area contributed by atoms with Gasteiger partial charge in [0.05, 0.1) is 5.56 Å². The maximum Gasteiger partial charge on any atom is 0.416 e. The van der Waals surface area contributed by atoms with Crippen molar-refractivity contribution in [3.8, 4) is 11.3 Å². The Labute approximate surface area is 259 Å². The Hall–Kier alpha value is -4.11. The molecule has 4 aromatic rings. The Bertz CT molecular complexity index is 1580. The summed E-state index contributed by atoms with van der Waals surface area (Å²) in [5.41, 5.74) is 2.09. The Morgan fingerprint density at radius 2 is 1.89 bits per heavy atom. The third-order valence-corrected chi connectivity index (χ3v) is 7.75. The van der Waals surface area contributed by atoms with Crippen LogP contribution in [0.1, 0.15) is 36.6 Å². The molecule has 1 aromatic carbocycles. The smallest absolute Gasteiger partial charge is 0.385 e. The van der Waals surface area contributed by atoms with Crippen LogP contribution in [-0.4, -0.2) is 79.4 Å². The van der Waals surface area contributed by atoms with Crippen LogP contribution in [-0.2, 0) is 20.4 Å². The number of fused-ring (bicyclic) bond motifs is 1. The first-order valence-corrected chi connectivity index (χ1v) is 14.5. The van der Waals surface area contributed by atoms with Crippen molar-refractivity contribution in [2.75, 3.05) is 51.2 Å². The van der Waals surface area contributed by atoms with Gasteiger partial charge in [-0.1, -0.05) is 24.3 Å². The summed E-state index contributed by atoms with van der Waals surface area (Å²) in [5.74, 6) is 1.26. The van der Waals surface area contributed by atoms with E-state index in [4.69, 9.17) is 19.2 Å². The minimum absolute atomic E-state index is 0.0445. The van der Waals surface area contributed by atoms with Gasteiger partial charge in [-0.3, -0.25) is 9.72 Å². The third kappa shape index (κ3) is 7.41. The lowest BCUT2D eigenvalue weighted by Gasteiger charge is -2.35. The molecule has 3 atom stereocenters. The number of halogens is 3. The van der Waals surface area contributed by atoms with E-state index < -0.39 is 18.0 Å². The molecule has 1 saturated heterocycles. The number of ether oxygens (including phenoxy) is 3. The second-order valence-corrected chi connectivity index (χ2v) is 10.7. The summed E-state index contributed by atoms with van der Waals surface area (Å²) in [7, 11) is 4.84. The van der Waals surface area contributed by atoms with Gasteiger partial charge in [-0.15, -0.1) is 0 Å². The van der Waals surface area contributed by atoms with Crippen molar-refractivity contribution < 1.29 is 27.4 Å². The average Bonchev–Trinajstić information content (AvgIpc) is 3.45. The second kappa shape index (κ2) is 14.3.